The van der Waals surface area contributed by atoms with Crippen molar-refractivity contribution in [2.45, 2.75) is 46.7 Å². The van der Waals surface area contributed by atoms with Gasteiger partial charge in [0.1, 0.15) is 11.3 Å². The van der Waals surface area contributed by atoms with Crippen LogP contribution in [0.4, 0.5) is 0 Å². The molecular formula is C27H35N3O5. The van der Waals surface area contributed by atoms with Crippen LogP contribution in [0.25, 0.3) is 0 Å². The number of likely N-dealkylation sites (tertiary alicyclic amines) is 1. The molecule has 1 fully saturated rings. The Kier molecular flexibility index (Phi) is 7.31. The maximum atomic E-state index is 13.1. The van der Waals surface area contributed by atoms with Crippen LogP contribution in [0.1, 0.15) is 44.7 Å². The van der Waals surface area contributed by atoms with Crippen molar-refractivity contribution in [2.24, 2.45) is 5.92 Å². The maximum absolute atomic E-state index is 13.1. The predicted octanol–water partition coefficient (Wildman–Crippen LogP) is 2.48. The molecule has 0 N–H and O–H groups in total. The average molecular weight is 482 g/mol. The average Bonchev–Trinajstić information content (AvgIpc) is 3.00. The number of carbonyl (C=O) groups is 2. The molecule has 1 atom stereocenters. The molecule has 2 aliphatic heterocycles. The van der Waals surface area contributed by atoms with Crippen LogP contribution >= 0.6 is 0 Å². The van der Waals surface area contributed by atoms with E-state index in [-0.39, 0.29) is 29.7 Å². The number of amides is 1. The summed E-state index contributed by atoms with van der Waals surface area (Å²) in [5.41, 5.74) is 5.86. The number of hydrogen-bond donors (Lipinski definition) is 0. The van der Waals surface area contributed by atoms with Crippen LogP contribution in [0.3, 0.4) is 0 Å². The normalized spacial score (nSPS) is 18.4. The van der Waals surface area contributed by atoms with E-state index in [1.54, 1.807) is 16.5 Å². The third-order valence-corrected chi connectivity index (χ3v) is 7.32. The molecule has 1 aromatic carbocycles. The van der Waals surface area contributed by atoms with Gasteiger partial charge in [0, 0.05) is 70.3 Å². The second-order valence-corrected chi connectivity index (χ2v) is 9.86. The fraction of sp³-hybridized carbons (Fsp3) is 0.519. The smallest absolute Gasteiger partial charge is 0.343 e. The van der Waals surface area contributed by atoms with Crippen molar-refractivity contribution in [2.75, 3.05) is 40.4 Å². The van der Waals surface area contributed by atoms with Gasteiger partial charge in [-0.3, -0.25) is 14.5 Å². The lowest BCUT2D eigenvalue weighted by Gasteiger charge is -2.21. The van der Waals surface area contributed by atoms with Gasteiger partial charge >= 0.3 is 5.97 Å². The number of nitrogens with zero attached hydrogens (tertiary/aromatic N) is 3. The molecule has 35 heavy (non-hydrogen) atoms. The molecule has 3 heterocycles. The van der Waals surface area contributed by atoms with E-state index in [2.05, 4.69) is 37.8 Å². The molecule has 4 rings (SSSR count). The Bertz CT molecular complexity index is 1200. The minimum Gasteiger partial charge on any atom is -0.492 e. The van der Waals surface area contributed by atoms with Gasteiger partial charge in [-0.2, -0.15) is 0 Å². The summed E-state index contributed by atoms with van der Waals surface area (Å²) in [5.74, 6) is -0.167. The van der Waals surface area contributed by atoms with Crippen LogP contribution in [-0.4, -0.2) is 66.6 Å². The molecule has 2 aromatic rings. The first kappa shape index (κ1) is 25.0. The quantitative estimate of drug-likeness (QED) is 0.590. The summed E-state index contributed by atoms with van der Waals surface area (Å²) in [7, 11) is 3.10. The number of benzene rings is 1. The summed E-state index contributed by atoms with van der Waals surface area (Å²) in [4.78, 5) is 41.7. The SMILES string of the molecule is COC(=O)c1c(OC[C@H]2CC(=O)N(C)C2)cc(=O)n2c1CCN(Cc1cc(C)c(C)cc1C)CC2. The molecule has 1 saturated heterocycles. The zero-order valence-corrected chi connectivity index (χ0v) is 21.3. The second-order valence-electron chi connectivity index (χ2n) is 9.86. The lowest BCUT2D eigenvalue weighted by atomic mass is 10.0. The fourth-order valence-electron chi connectivity index (χ4n) is 5.09. The Balaban J connectivity index is 1.57. The van der Waals surface area contributed by atoms with E-state index >= 15 is 0 Å². The van der Waals surface area contributed by atoms with E-state index in [4.69, 9.17) is 9.47 Å². The molecule has 8 heteroatoms. The van der Waals surface area contributed by atoms with Gasteiger partial charge in [-0.1, -0.05) is 12.1 Å². The number of hydrogen-bond acceptors (Lipinski definition) is 6. The van der Waals surface area contributed by atoms with Crippen LogP contribution in [0, 0.1) is 26.7 Å². The van der Waals surface area contributed by atoms with Crippen molar-refractivity contribution in [3.63, 3.8) is 0 Å². The van der Waals surface area contributed by atoms with Crippen molar-refractivity contribution in [3.8, 4) is 5.75 Å². The summed E-state index contributed by atoms with van der Waals surface area (Å²) in [6.07, 6.45) is 0.937. The van der Waals surface area contributed by atoms with E-state index < -0.39 is 5.97 Å². The number of aromatic nitrogens is 1. The topological polar surface area (TPSA) is 81.1 Å². The van der Waals surface area contributed by atoms with Gasteiger partial charge in [-0.05, 0) is 43.0 Å². The van der Waals surface area contributed by atoms with Crippen molar-refractivity contribution in [1.82, 2.24) is 14.4 Å². The number of methoxy groups -OCH3 is 1. The molecule has 0 saturated carbocycles. The highest BCUT2D eigenvalue weighted by Gasteiger charge is 2.30. The molecule has 0 spiro atoms. The van der Waals surface area contributed by atoms with E-state index in [1.165, 1.54) is 35.4 Å². The van der Waals surface area contributed by atoms with E-state index in [9.17, 15) is 14.4 Å². The van der Waals surface area contributed by atoms with Crippen LogP contribution in [0.15, 0.2) is 23.0 Å². The summed E-state index contributed by atoms with van der Waals surface area (Å²) in [5, 5.41) is 0. The fourth-order valence-corrected chi connectivity index (χ4v) is 5.09. The Morgan fingerprint density at radius 2 is 1.77 bits per heavy atom. The molecule has 2 aliphatic rings. The molecule has 0 aliphatic carbocycles. The molecule has 1 amide bonds. The highest BCUT2D eigenvalue weighted by Crippen LogP contribution is 2.26. The van der Waals surface area contributed by atoms with Gasteiger partial charge in [0.25, 0.3) is 5.56 Å². The number of esters is 1. The van der Waals surface area contributed by atoms with Gasteiger partial charge in [0.15, 0.2) is 0 Å². The zero-order chi connectivity index (χ0) is 25.3. The molecule has 188 valence electrons. The lowest BCUT2D eigenvalue weighted by molar-refractivity contribution is -0.126. The first-order chi connectivity index (χ1) is 16.7. The van der Waals surface area contributed by atoms with E-state index in [0.29, 0.717) is 50.3 Å². The van der Waals surface area contributed by atoms with Crippen LogP contribution in [0.2, 0.25) is 0 Å². The third kappa shape index (κ3) is 5.27. The maximum Gasteiger partial charge on any atom is 0.343 e. The van der Waals surface area contributed by atoms with Gasteiger partial charge < -0.3 is 18.9 Å². The predicted molar refractivity (Wildman–Crippen MR) is 133 cm³/mol. The highest BCUT2D eigenvalue weighted by atomic mass is 16.5. The van der Waals surface area contributed by atoms with Crippen molar-refractivity contribution < 1.29 is 19.1 Å². The van der Waals surface area contributed by atoms with E-state index in [1.807, 2.05) is 0 Å². The van der Waals surface area contributed by atoms with Gasteiger partial charge in [-0.15, -0.1) is 0 Å². The lowest BCUT2D eigenvalue weighted by Crippen LogP contribution is -2.29. The number of aryl methyl sites for hydroxylation is 3. The Hall–Kier alpha value is -3.13. The monoisotopic (exact) mass is 481 g/mol. The molecule has 0 radical (unpaired) electrons. The second kappa shape index (κ2) is 10.2. The number of fused-ring (bicyclic) bond motifs is 1. The number of ether oxygens (including phenoxy) is 2. The largest absolute Gasteiger partial charge is 0.492 e. The molecule has 0 unspecified atom stereocenters. The summed E-state index contributed by atoms with van der Waals surface area (Å²) in [6.45, 7) is 9.94. The van der Waals surface area contributed by atoms with Crippen molar-refractivity contribution in [1.29, 1.82) is 0 Å². The summed E-state index contributed by atoms with van der Waals surface area (Å²) >= 11 is 0. The third-order valence-electron chi connectivity index (χ3n) is 7.32. The minimum atomic E-state index is -0.512. The molecular weight excluding hydrogens is 446 g/mol. The van der Waals surface area contributed by atoms with Gasteiger partial charge in [0.2, 0.25) is 5.91 Å². The first-order valence-corrected chi connectivity index (χ1v) is 12.2. The van der Waals surface area contributed by atoms with Crippen molar-refractivity contribution >= 4 is 11.9 Å². The van der Waals surface area contributed by atoms with Crippen LogP contribution < -0.4 is 10.3 Å². The highest BCUT2D eigenvalue weighted by molar-refractivity contribution is 5.93. The Morgan fingerprint density at radius 3 is 2.46 bits per heavy atom. The first-order valence-electron chi connectivity index (χ1n) is 12.2. The minimum absolute atomic E-state index is 0.0243. The van der Waals surface area contributed by atoms with Crippen molar-refractivity contribution in [3.05, 3.63) is 62.1 Å². The Labute approximate surface area is 206 Å². The number of rotatable bonds is 6. The van der Waals surface area contributed by atoms with Crippen LogP contribution in [0.5, 0.6) is 5.75 Å². The van der Waals surface area contributed by atoms with Crippen LogP contribution in [-0.2, 0) is 29.0 Å². The van der Waals surface area contributed by atoms with Gasteiger partial charge in [0.05, 0.1) is 13.7 Å². The molecule has 1 aromatic heterocycles. The Morgan fingerprint density at radius 1 is 1.03 bits per heavy atom. The number of carbonyl (C=O) groups excluding carboxylic acids is 2. The summed E-state index contributed by atoms with van der Waals surface area (Å²) in [6, 6.07) is 5.85. The molecule has 8 nitrogen and oxygen atoms in total. The van der Waals surface area contributed by atoms with E-state index in [0.717, 1.165) is 6.54 Å². The zero-order valence-electron chi connectivity index (χ0n) is 21.3. The number of pyridine rings is 1. The van der Waals surface area contributed by atoms with Gasteiger partial charge in [-0.25, -0.2) is 4.79 Å². The molecule has 0 bridgehead atoms. The standard InChI is InChI=1S/C27H35N3O5/c1-17-10-19(3)21(11-18(17)2)15-29-7-6-22-26(27(33)34-5)23(13-25(32)30(22)9-8-29)35-16-20-12-24(31)28(4)14-20/h10-11,13,20H,6-9,12,14-16H2,1-5H3/t20-/m0/s1. The summed E-state index contributed by atoms with van der Waals surface area (Å²) < 4.78 is 12.7.